The van der Waals surface area contributed by atoms with Crippen LogP contribution < -0.4 is 11.1 Å². The Kier molecular flexibility index (Phi) is 2.84. The average molecular weight is 210 g/mol. The van der Waals surface area contributed by atoms with Crippen LogP contribution in [-0.2, 0) is 11.2 Å². The third-order valence-electron chi connectivity index (χ3n) is 2.45. The van der Waals surface area contributed by atoms with Crippen molar-refractivity contribution < 1.29 is 4.79 Å². The van der Waals surface area contributed by atoms with E-state index in [1.54, 1.807) is 11.3 Å². The molecule has 3 N–H and O–H groups in total. The smallest absolute Gasteiger partial charge is 0.225 e. The zero-order valence-corrected chi connectivity index (χ0v) is 8.72. The van der Waals surface area contributed by atoms with E-state index < -0.39 is 0 Å². The second-order valence-electron chi connectivity index (χ2n) is 3.75. The molecule has 1 aliphatic rings. The first-order valence-electron chi connectivity index (χ1n) is 4.81. The molecule has 0 bridgehead atoms. The zero-order valence-electron chi connectivity index (χ0n) is 7.90. The van der Waals surface area contributed by atoms with E-state index in [9.17, 15) is 4.79 Å². The fourth-order valence-corrected chi connectivity index (χ4v) is 2.33. The predicted octanol–water partition coefficient (Wildman–Crippen LogP) is 0.896. The van der Waals surface area contributed by atoms with Gasteiger partial charge in [0.25, 0.3) is 0 Å². The van der Waals surface area contributed by atoms with Crippen LogP contribution in [-0.4, -0.2) is 18.0 Å². The van der Waals surface area contributed by atoms with Gasteiger partial charge in [0.05, 0.1) is 6.42 Å². The summed E-state index contributed by atoms with van der Waals surface area (Å²) in [6.07, 6.45) is 2.36. The molecule has 14 heavy (non-hydrogen) atoms. The molecule has 1 aromatic rings. The Morgan fingerprint density at radius 3 is 3.00 bits per heavy atom. The van der Waals surface area contributed by atoms with E-state index in [1.165, 1.54) is 0 Å². The molecular weight excluding hydrogens is 196 g/mol. The lowest BCUT2D eigenvalue weighted by Gasteiger charge is -2.32. The van der Waals surface area contributed by atoms with Crippen molar-refractivity contribution in [1.82, 2.24) is 5.32 Å². The number of nitrogens with two attached hydrogens (primary N) is 1. The van der Waals surface area contributed by atoms with E-state index >= 15 is 0 Å². The minimum Gasteiger partial charge on any atom is -0.353 e. The molecule has 1 aromatic heterocycles. The Balaban J connectivity index is 1.74. The monoisotopic (exact) mass is 210 g/mol. The van der Waals surface area contributed by atoms with E-state index in [-0.39, 0.29) is 5.91 Å². The molecular formula is C10H14N2OS. The van der Waals surface area contributed by atoms with Gasteiger partial charge in [0, 0.05) is 17.0 Å². The van der Waals surface area contributed by atoms with Crippen LogP contribution in [0.5, 0.6) is 0 Å². The molecule has 0 aliphatic heterocycles. The van der Waals surface area contributed by atoms with Gasteiger partial charge < -0.3 is 11.1 Å². The van der Waals surface area contributed by atoms with Gasteiger partial charge in [-0.2, -0.15) is 0 Å². The first kappa shape index (κ1) is 9.68. The molecule has 76 valence electrons. The lowest BCUT2D eigenvalue weighted by molar-refractivity contribution is -0.121. The molecule has 0 atom stereocenters. The Hall–Kier alpha value is -0.870. The average Bonchev–Trinajstić information content (AvgIpc) is 2.54. The fraction of sp³-hybridized carbons (Fsp3) is 0.500. The van der Waals surface area contributed by atoms with Gasteiger partial charge in [-0.25, -0.2) is 0 Å². The SMILES string of the molecule is NC1CC(NC(=O)Cc2cccs2)C1. The molecule has 1 amide bonds. The number of hydrogen-bond donors (Lipinski definition) is 2. The first-order valence-corrected chi connectivity index (χ1v) is 5.69. The highest BCUT2D eigenvalue weighted by Crippen LogP contribution is 2.17. The number of carbonyl (C=O) groups is 1. The van der Waals surface area contributed by atoms with E-state index in [0.29, 0.717) is 18.5 Å². The quantitative estimate of drug-likeness (QED) is 0.778. The standard InChI is InChI=1S/C10H14N2OS/c11-7-4-8(5-7)12-10(13)6-9-2-1-3-14-9/h1-3,7-8H,4-6,11H2,(H,12,13). The van der Waals surface area contributed by atoms with Crippen molar-refractivity contribution in [2.75, 3.05) is 0 Å². The maximum absolute atomic E-state index is 11.5. The van der Waals surface area contributed by atoms with E-state index in [0.717, 1.165) is 17.7 Å². The van der Waals surface area contributed by atoms with Gasteiger partial charge in [0.15, 0.2) is 0 Å². The summed E-state index contributed by atoms with van der Waals surface area (Å²) in [5.41, 5.74) is 5.63. The Morgan fingerprint density at radius 1 is 1.64 bits per heavy atom. The second-order valence-corrected chi connectivity index (χ2v) is 4.78. The van der Waals surface area contributed by atoms with Gasteiger partial charge in [-0.3, -0.25) is 4.79 Å². The Bertz CT molecular complexity index is 304. The molecule has 1 aliphatic carbocycles. The molecule has 2 rings (SSSR count). The third-order valence-corrected chi connectivity index (χ3v) is 3.33. The summed E-state index contributed by atoms with van der Waals surface area (Å²) in [5, 5.41) is 4.96. The molecule has 0 saturated heterocycles. The number of hydrogen-bond acceptors (Lipinski definition) is 3. The third kappa shape index (κ3) is 2.33. The van der Waals surface area contributed by atoms with Crippen molar-refractivity contribution in [2.24, 2.45) is 5.73 Å². The van der Waals surface area contributed by atoms with Crippen molar-refractivity contribution in [2.45, 2.75) is 31.3 Å². The highest BCUT2D eigenvalue weighted by atomic mass is 32.1. The number of nitrogens with one attached hydrogen (secondary N) is 1. The zero-order chi connectivity index (χ0) is 9.97. The maximum atomic E-state index is 11.5. The molecule has 4 heteroatoms. The van der Waals surface area contributed by atoms with Crippen molar-refractivity contribution in [3.05, 3.63) is 22.4 Å². The predicted molar refractivity (Wildman–Crippen MR) is 57.2 cm³/mol. The van der Waals surface area contributed by atoms with Crippen molar-refractivity contribution in [1.29, 1.82) is 0 Å². The van der Waals surface area contributed by atoms with Gasteiger partial charge >= 0.3 is 0 Å². The Labute approximate surface area is 87.3 Å². The molecule has 0 aromatic carbocycles. The summed E-state index contributed by atoms with van der Waals surface area (Å²) >= 11 is 1.62. The van der Waals surface area contributed by atoms with Crippen LogP contribution >= 0.6 is 11.3 Å². The molecule has 0 unspecified atom stereocenters. The highest BCUT2D eigenvalue weighted by molar-refractivity contribution is 7.10. The number of carbonyl (C=O) groups excluding carboxylic acids is 1. The minimum atomic E-state index is 0.115. The van der Waals surface area contributed by atoms with E-state index in [4.69, 9.17) is 5.73 Å². The van der Waals surface area contributed by atoms with Gasteiger partial charge in [-0.1, -0.05) is 6.07 Å². The van der Waals surface area contributed by atoms with Gasteiger partial charge in [-0.15, -0.1) is 11.3 Å². The molecule has 0 spiro atoms. The van der Waals surface area contributed by atoms with E-state index in [2.05, 4.69) is 5.32 Å². The number of rotatable bonds is 3. The largest absolute Gasteiger partial charge is 0.353 e. The summed E-state index contributed by atoms with van der Waals surface area (Å²) in [7, 11) is 0. The molecule has 3 nitrogen and oxygen atoms in total. The summed E-state index contributed by atoms with van der Waals surface area (Å²) < 4.78 is 0. The number of thiophene rings is 1. The van der Waals surface area contributed by atoms with Gasteiger partial charge in [0.1, 0.15) is 0 Å². The van der Waals surface area contributed by atoms with Crippen LogP contribution in [0.4, 0.5) is 0 Å². The maximum Gasteiger partial charge on any atom is 0.225 e. The van der Waals surface area contributed by atoms with Crippen molar-refractivity contribution >= 4 is 17.2 Å². The first-order chi connectivity index (χ1) is 6.74. The van der Waals surface area contributed by atoms with Crippen LogP contribution in [0.2, 0.25) is 0 Å². The van der Waals surface area contributed by atoms with Crippen LogP contribution in [0.3, 0.4) is 0 Å². The summed E-state index contributed by atoms with van der Waals surface area (Å²) in [6.45, 7) is 0. The molecule has 0 radical (unpaired) electrons. The van der Waals surface area contributed by atoms with Crippen molar-refractivity contribution in [3.8, 4) is 0 Å². The minimum absolute atomic E-state index is 0.115. The fourth-order valence-electron chi connectivity index (χ4n) is 1.63. The van der Waals surface area contributed by atoms with Crippen LogP contribution in [0, 0.1) is 0 Å². The van der Waals surface area contributed by atoms with E-state index in [1.807, 2.05) is 17.5 Å². The number of amides is 1. The normalized spacial score (nSPS) is 25.5. The van der Waals surface area contributed by atoms with Gasteiger partial charge in [-0.05, 0) is 24.3 Å². The molecule has 1 heterocycles. The molecule has 1 saturated carbocycles. The lowest BCUT2D eigenvalue weighted by Crippen LogP contribution is -2.50. The summed E-state index contributed by atoms with van der Waals surface area (Å²) in [5.74, 6) is 0.115. The summed E-state index contributed by atoms with van der Waals surface area (Å²) in [4.78, 5) is 12.6. The highest BCUT2D eigenvalue weighted by Gasteiger charge is 2.26. The van der Waals surface area contributed by atoms with Crippen LogP contribution in [0.25, 0.3) is 0 Å². The lowest BCUT2D eigenvalue weighted by atomic mass is 9.87. The molecule has 1 fully saturated rings. The van der Waals surface area contributed by atoms with Gasteiger partial charge in [0.2, 0.25) is 5.91 Å². The summed E-state index contributed by atoms with van der Waals surface area (Å²) in [6, 6.07) is 4.56. The topological polar surface area (TPSA) is 55.1 Å². The van der Waals surface area contributed by atoms with Crippen LogP contribution in [0.15, 0.2) is 17.5 Å². The van der Waals surface area contributed by atoms with Crippen LogP contribution in [0.1, 0.15) is 17.7 Å². The second kappa shape index (κ2) is 4.11. The Morgan fingerprint density at radius 2 is 2.43 bits per heavy atom. The van der Waals surface area contributed by atoms with Crippen molar-refractivity contribution in [3.63, 3.8) is 0 Å².